The largest absolute Gasteiger partial charge is 0.366 e. The van der Waals surface area contributed by atoms with Crippen LogP contribution in [-0.4, -0.2) is 68.7 Å². The van der Waals surface area contributed by atoms with Crippen LogP contribution in [0.2, 0.25) is 0 Å². The molecule has 2 amide bonds. The van der Waals surface area contributed by atoms with E-state index < -0.39 is 5.91 Å². The number of aromatic nitrogens is 4. The van der Waals surface area contributed by atoms with E-state index in [1.807, 2.05) is 14.0 Å². The summed E-state index contributed by atoms with van der Waals surface area (Å²) in [5, 5.41) is 10.2. The number of piperazine rings is 1. The molecule has 1 atom stereocenters. The number of aryl methyl sites for hydroxylation is 1. The first-order chi connectivity index (χ1) is 14.0. The van der Waals surface area contributed by atoms with E-state index in [1.165, 1.54) is 11.3 Å². The molecule has 0 bridgehead atoms. The molecule has 3 aromatic heterocycles. The van der Waals surface area contributed by atoms with Crippen molar-refractivity contribution in [2.24, 2.45) is 12.8 Å². The lowest BCUT2D eigenvalue weighted by molar-refractivity contribution is -0.120. The van der Waals surface area contributed by atoms with Gasteiger partial charge in [-0.3, -0.25) is 19.2 Å². The number of rotatable bonds is 5. The minimum absolute atomic E-state index is 0.153. The zero-order valence-corrected chi connectivity index (χ0v) is 17.0. The van der Waals surface area contributed by atoms with Crippen LogP contribution in [0.15, 0.2) is 24.0 Å². The van der Waals surface area contributed by atoms with Gasteiger partial charge < -0.3 is 16.0 Å². The summed E-state index contributed by atoms with van der Waals surface area (Å²) in [6.45, 7) is 4.78. The molecule has 4 rings (SSSR count). The molecule has 0 saturated carbocycles. The number of amides is 2. The number of nitrogens with two attached hydrogens (primary N) is 1. The lowest BCUT2D eigenvalue weighted by Crippen LogP contribution is -2.53. The zero-order valence-electron chi connectivity index (χ0n) is 16.2. The highest BCUT2D eigenvalue weighted by atomic mass is 32.1. The molecule has 3 aromatic rings. The van der Waals surface area contributed by atoms with Gasteiger partial charge in [0, 0.05) is 33.2 Å². The predicted molar refractivity (Wildman–Crippen MR) is 111 cm³/mol. The third kappa shape index (κ3) is 3.66. The molecule has 10 nitrogen and oxygen atoms in total. The van der Waals surface area contributed by atoms with Gasteiger partial charge in [-0.1, -0.05) is 0 Å². The number of carbonyl (C=O) groups excluding carboxylic acids is 2. The third-order valence-electron chi connectivity index (χ3n) is 5.22. The number of nitrogens with one attached hydrogen (secondary N) is 1. The highest BCUT2D eigenvalue weighted by molar-refractivity contribution is 7.14. The standard InChI is InChI=1S/C18H22N8O2S/c1-11(17(28)23-18-12(14(19)27)3-8-29-18)25-4-6-26(7-5-25)16-13-9-22-24(2)15(13)20-10-21-16/h3,8-11H,4-7H2,1-2H3,(H2,19,27)(H,23,28). The van der Waals surface area contributed by atoms with Crippen molar-refractivity contribution in [3.8, 4) is 0 Å². The van der Waals surface area contributed by atoms with Gasteiger partial charge in [0.25, 0.3) is 5.91 Å². The van der Waals surface area contributed by atoms with E-state index in [0.29, 0.717) is 23.7 Å². The minimum Gasteiger partial charge on any atom is -0.366 e. The quantitative estimate of drug-likeness (QED) is 0.629. The van der Waals surface area contributed by atoms with E-state index in [0.717, 1.165) is 29.9 Å². The van der Waals surface area contributed by atoms with Crippen molar-refractivity contribution < 1.29 is 9.59 Å². The van der Waals surface area contributed by atoms with E-state index in [4.69, 9.17) is 5.73 Å². The Kier molecular flexibility index (Phi) is 5.16. The molecule has 0 aliphatic carbocycles. The van der Waals surface area contributed by atoms with Crippen molar-refractivity contribution in [1.29, 1.82) is 0 Å². The normalized spacial score (nSPS) is 16.1. The average Bonchev–Trinajstić information content (AvgIpc) is 3.34. The third-order valence-corrected chi connectivity index (χ3v) is 6.05. The fraction of sp³-hybridized carbons (Fsp3) is 0.389. The number of carbonyl (C=O) groups is 2. The Morgan fingerprint density at radius 1 is 1.24 bits per heavy atom. The Morgan fingerprint density at radius 3 is 2.72 bits per heavy atom. The molecular formula is C18H22N8O2S. The molecule has 1 unspecified atom stereocenters. The Bertz CT molecular complexity index is 1050. The van der Waals surface area contributed by atoms with Crippen LogP contribution < -0.4 is 16.0 Å². The van der Waals surface area contributed by atoms with Crippen LogP contribution in [-0.2, 0) is 11.8 Å². The number of primary amides is 1. The number of nitrogens with zero attached hydrogens (tertiary/aromatic N) is 6. The number of thiophene rings is 1. The second-order valence-corrected chi connectivity index (χ2v) is 7.83. The molecule has 0 aromatic carbocycles. The van der Waals surface area contributed by atoms with Crippen molar-refractivity contribution in [2.45, 2.75) is 13.0 Å². The van der Waals surface area contributed by atoms with E-state index >= 15 is 0 Å². The fourth-order valence-electron chi connectivity index (χ4n) is 3.50. The second-order valence-electron chi connectivity index (χ2n) is 6.92. The van der Waals surface area contributed by atoms with Crippen LogP contribution in [0.4, 0.5) is 10.8 Å². The Balaban J connectivity index is 1.40. The minimum atomic E-state index is -0.547. The van der Waals surface area contributed by atoms with Gasteiger partial charge in [-0.15, -0.1) is 11.3 Å². The Labute approximate surface area is 171 Å². The van der Waals surface area contributed by atoms with Gasteiger partial charge in [-0.25, -0.2) is 9.97 Å². The van der Waals surface area contributed by atoms with Gasteiger partial charge in [0.05, 0.1) is 23.2 Å². The molecule has 1 aliphatic rings. The van der Waals surface area contributed by atoms with Crippen molar-refractivity contribution in [3.05, 3.63) is 29.5 Å². The van der Waals surface area contributed by atoms with Crippen LogP contribution in [0.3, 0.4) is 0 Å². The van der Waals surface area contributed by atoms with Crippen LogP contribution >= 0.6 is 11.3 Å². The molecule has 1 saturated heterocycles. The lowest BCUT2D eigenvalue weighted by atomic mass is 10.2. The summed E-state index contributed by atoms with van der Waals surface area (Å²) in [6, 6.07) is 1.29. The topological polar surface area (TPSA) is 122 Å². The molecule has 1 aliphatic heterocycles. The first-order valence-electron chi connectivity index (χ1n) is 9.25. The van der Waals surface area contributed by atoms with E-state index in [9.17, 15) is 9.59 Å². The van der Waals surface area contributed by atoms with Crippen molar-refractivity contribution in [3.63, 3.8) is 0 Å². The van der Waals surface area contributed by atoms with Crippen LogP contribution in [0.25, 0.3) is 11.0 Å². The predicted octanol–water partition coefficient (Wildman–Crippen LogP) is 0.673. The molecule has 0 spiro atoms. The second kappa shape index (κ2) is 7.76. The molecular weight excluding hydrogens is 392 g/mol. The van der Waals surface area contributed by atoms with E-state index in [2.05, 4.69) is 30.2 Å². The molecule has 152 valence electrons. The average molecular weight is 414 g/mol. The number of anilines is 2. The van der Waals surface area contributed by atoms with Crippen molar-refractivity contribution >= 4 is 45.0 Å². The van der Waals surface area contributed by atoms with Crippen LogP contribution in [0, 0.1) is 0 Å². The van der Waals surface area contributed by atoms with Gasteiger partial charge in [0.1, 0.15) is 17.1 Å². The molecule has 29 heavy (non-hydrogen) atoms. The zero-order chi connectivity index (χ0) is 20.5. The lowest BCUT2D eigenvalue weighted by Gasteiger charge is -2.38. The highest BCUT2D eigenvalue weighted by Gasteiger charge is 2.28. The Morgan fingerprint density at radius 2 is 2.00 bits per heavy atom. The summed E-state index contributed by atoms with van der Waals surface area (Å²) in [5.41, 5.74) is 6.48. The molecule has 0 radical (unpaired) electrons. The maximum atomic E-state index is 12.7. The summed E-state index contributed by atoms with van der Waals surface area (Å²) in [4.78, 5) is 37.2. The van der Waals surface area contributed by atoms with Crippen molar-refractivity contribution in [1.82, 2.24) is 24.6 Å². The van der Waals surface area contributed by atoms with Gasteiger partial charge >= 0.3 is 0 Å². The van der Waals surface area contributed by atoms with E-state index in [-0.39, 0.29) is 11.9 Å². The summed E-state index contributed by atoms with van der Waals surface area (Å²) < 4.78 is 1.73. The molecule has 4 heterocycles. The highest BCUT2D eigenvalue weighted by Crippen LogP contribution is 2.25. The number of hydrogen-bond acceptors (Lipinski definition) is 8. The van der Waals surface area contributed by atoms with Crippen LogP contribution in [0.1, 0.15) is 17.3 Å². The summed E-state index contributed by atoms with van der Waals surface area (Å²) in [6.07, 6.45) is 3.34. The van der Waals surface area contributed by atoms with Gasteiger partial charge in [-0.05, 0) is 18.4 Å². The van der Waals surface area contributed by atoms with Gasteiger partial charge in [-0.2, -0.15) is 5.10 Å². The summed E-state index contributed by atoms with van der Waals surface area (Å²) in [7, 11) is 1.86. The Hall–Kier alpha value is -3.05. The van der Waals surface area contributed by atoms with Crippen LogP contribution in [0.5, 0.6) is 0 Å². The van der Waals surface area contributed by atoms with Crippen molar-refractivity contribution in [2.75, 3.05) is 36.4 Å². The fourth-order valence-corrected chi connectivity index (χ4v) is 4.30. The molecule has 3 N–H and O–H groups in total. The first kappa shape index (κ1) is 19.3. The monoisotopic (exact) mass is 414 g/mol. The van der Waals surface area contributed by atoms with E-state index in [1.54, 1.807) is 28.7 Å². The van der Waals surface area contributed by atoms with Gasteiger partial charge in [0.15, 0.2) is 5.65 Å². The SMILES string of the molecule is CC(C(=O)Nc1sccc1C(N)=O)N1CCN(c2ncnc3c2cnn3C)CC1. The van der Waals surface area contributed by atoms with Gasteiger partial charge in [0.2, 0.25) is 5.91 Å². The number of fused-ring (bicyclic) bond motifs is 1. The summed E-state index contributed by atoms with van der Waals surface area (Å²) >= 11 is 1.29. The summed E-state index contributed by atoms with van der Waals surface area (Å²) in [5.74, 6) is 0.166. The molecule has 11 heteroatoms. The maximum Gasteiger partial charge on any atom is 0.251 e. The number of hydrogen-bond donors (Lipinski definition) is 2. The molecule has 1 fully saturated rings. The smallest absolute Gasteiger partial charge is 0.251 e. The first-order valence-corrected chi connectivity index (χ1v) is 10.1. The maximum absolute atomic E-state index is 12.7.